The first-order chi connectivity index (χ1) is 18.0. The van der Waals surface area contributed by atoms with Crippen molar-refractivity contribution in [2.75, 3.05) is 24.1 Å². The number of aromatic nitrogens is 1. The lowest BCUT2D eigenvalue weighted by Gasteiger charge is -2.28. The van der Waals surface area contributed by atoms with E-state index in [0.29, 0.717) is 61.5 Å². The lowest BCUT2D eigenvalue weighted by atomic mass is 10.1. The third-order valence-corrected chi connectivity index (χ3v) is 8.86. The standard InChI is InChI=1S/C30H34ClN3O3S/c1-7-33(8-2)19-37-26-12-10-25(11-13-26)34(38(35,36)30-21(4)15-20(3)16-22(30)5)29-17-23(6)32-28-18-24(31)9-14-27(28)29/h9-18H,7-8,19H2,1-6H3. The van der Waals surface area contributed by atoms with Crippen molar-refractivity contribution in [3.05, 3.63) is 88.1 Å². The summed E-state index contributed by atoms with van der Waals surface area (Å²) in [6.45, 7) is 13.9. The number of sulfonamides is 1. The number of nitrogens with zero attached hydrogens (tertiary/aromatic N) is 3. The number of hydrogen-bond donors (Lipinski definition) is 0. The van der Waals surface area contributed by atoms with E-state index < -0.39 is 10.0 Å². The van der Waals surface area contributed by atoms with E-state index in [-0.39, 0.29) is 0 Å². The van der Waals surface area contributed by atoms with Gasteiger partial charge in [-0.3, -0.25) is 9.88 Å². The third-order valence-electron chi connectivity index (χ3n) is 6.58. The molecule has 0 saturated carbocycles. The highest BCUT2D eigenvalue weighted by molar-refractivity contribution is 7.93. The zero-order valence-electron chi connectivity index (χ0n) is 22.7. The molecule has 1 aromatic heterocycles. The average Bonchev–Trinajstić information content (AvgIpc) is 2.84. The first-order valence-corrected chi connectivity index (χ1v) is 14.5. The van der Waals surface area contributed by atoms with Gasteiger partial charge in [-0.2, -0.15) is 0 Å². The molecule has 1 heterocycles. The van der Waals surface area contributed by atoms with Crippen molar-refractivity contribution in [3.8, 4) is 5.75 Å². The molecule has 0 radical (unpaired) electrons. The Labute approximate surface area is 230 Å². The van der Waals surface area contributed by atoms with Crippen LogP contribution in [0.5, 0.6) is 5.75 Å². The molecule has 3 aromatic carbocycles. The number of hydrogen-bond acceptors (Lipinski definition) is 5. The van der Waals surface area contributed by atoms with Gasteiger partial charge in [-0.15, -0.1) is 0 Å². The molecule has 0 spiro atoms. The monoisotopic (exact) mass is 551 g/mol. The van der Waals surface area contributed by atoms with Gasteiger partial charge < -0.3 is 4.74 Å². The molecule has 4 rings (SSSR count). The summed E-state index contributed by atoms with van der Waals surface area (Å²) < 4.78 is 36.4. The summed E-state index contributed by atoms with van der Waals surface area (Å²) in [6.07, 6.45) is 0. The average molecular weight is 552 g/mol. The third kappa shape index (κ3) is 5.65. The second kappa shape index (κ2) is 11.3. The molecular formula is C30H34ClN3O3S. The smallest absolute Gasteiger partial charge is 0.269 e. The van der Waals surface area contributed by atoms with Crippen LogP contribution in [0.25, 0.3) is 10.9 Å². The van der Waals surface area contributed by atoms with Crippen molar-refractivity contribution in [1.82, 2.24) is 9.88 Å². The number of aryl methyl sites for hydroxylation is 4. The van der Waals surface area contributed by atoms with E-state index in [1.165, 1.54) is 4.31 Å². The largest absolute Gasteiger partial charge is 0.478 e. The molecule has 4 aromatic rings. The van der Waals surface area contributed by atoms with Gasteiger partial charge >= 0.3 is 0 Å². The predicted molar refractivity (Wildman–Crippen MR) is 156 cm³/mol. The van der Waals surface area contributed by atoms with Crippen LogP contribution in [-0.4, -0.2) is 38.1 Å². The van der Waals surface area contributed by atoms with Gasteiger partial charge in [0.05, 0.1) is 21.8 Å². The van der Waals surface area contributed by atoms with Crippen molar-refractivity contribution < 1.29 is 13.2 Å². The van der Waals surface area contributed by atoms with Crippen LogP contribution in [0.1, 0.15) is 36.2 Å². The molecular weight excluding hydrogens is 518 g/mol. The van der Waals surface area contributed by atoms with Gasteiger partial charge in [-0.1, -0.05) is 43.1 Å². The van der Waals surface area contributed by atoms with Crippen molar-refractivity contribution in [1.29, 1.82) is 0 Å². The number of ether oxygens (including phenoxy) is 1. The molecule has 0 aliphatic rings. The normalized spacial score (nSPS) is 11.8. The number of rotatable bonds is 9. The predicted octanol–water partition coefficient (Wildman–Crippen LogP) is 7.33. The van der Waals surface area contributed by atoms with Crippen LogP contribution in [0.15, 0.2) is 65.6 Å². The summed E-state index contributed by atoms with van der Waals surface area (Å²) in [7, 11) is -4.03. The quantitative estimate of drug-likeness (QED) is 0.204. The molecule has 8 heteroatoms. The van der Waals surface area contributed by atoms with Gasteiger partial charge in [0.2, 0.25) is 0 Å². The highest BCUT2D eigenvalue weighted by Gasteiger charge is 2.31. The molecule has 6 nitrogen and oxygen atoms in total. The van der Waals surface area contributed by atoms with Crippen molar-refractivity contribution >= 4 is 43.9 Å². The van der Waals surface area contributed by atoms with Gasteiger partial charge in [-0.25, -0.2) is 12.7 Å². The maximum atomic E-state index is 14.5. The molecule has 0 N–H and O–H groups in total. The van der Waals surface area contributed by atoms with E-state index in [1.807, 2.05) is 58.0 Å². The molecule has 0 aliphatic heterocycles. The minimum absolute atomic E-state index is 0.293. The van der Waals surface area contributed by atoms with Crippen LogP contribution >= 0.6 is 11.6 Å². The Morgan fingerprint density at radius 3 is 2.11 bits per heavy atom. The van der Waals surface area contributed by atoms with Gasteiger partial charge in [0.15, 0.2) is 0 Å². The summed E-state index contributed by atoms with van der Waals surface area (Å²) in [5.41, 5.74) is 4.74. The Morgan fingerprint density at radius 2 is 1.50 bits per heavy atom. The minimum Gasteiger partial charge on any atom is -0.478 e. The molecule has 0 aliphatic carbocycles. The van der Waals surface area contributed by atoms with Gasteiger partial charge in [0.25, 0.3) is 10.0 Å². The Balaban J connectivity index is 1.91. The summed E-state index contributed by atoms with van der Waals surface area (Å²) >= 11 is 6.26. The van der Waals surface area contributed by atoms with E-state index in [2.05, 4.69) is 23.7 Å². The maximum absolute atomic E-state index is 14.5. The zero-order chi connectivity index (χ0) is 27.6. The summed E-state index contributed by atoms with van der Waals surface area (Å²) in [4.78, 5) is 7.07. The molecule has 38 heavy (non-hydrogen) atoms. The minimum atomic E-state index is -4.03. The molecule has 200 valence electrons. The molecule has 0 bridgehead atoms. The van der Waals surface area contributed by atoms with Crippen LogP contribution in [0.2, 0.25) is 5.02 Å². The van der Waals surface area contributed by atoms with E-state index in [9.17, 15) is 8.42 Å². The number of fused-ring (bicyclic) bond motifs is 1. The molecule has 0 saturated heterocycles. The van der Waals surface area contributed by atoms with Crippen LogP contribution < -0.4 is 9.04 Å². The van der Waals surface area contributed by atoms with Crippen LogP contribution in [0.3, 0.4) is 0 Å². The lowest BCUT2D eigenvalue weighted by Crippen LogP contribution is -2.28. The molecule has 0 fully saturated rings. The van der Waals surface area contributed by atoms with E-state index >= 15 is 0 Å². The van der Waals surface area contributed by atoms with E-state index in [1.54, 1.807) is 30.3 Å². The topological polar surface area (TPSA) is 62.7 Å². The Bertz CT molecular complexity index is 1540. The fourth-order valence-corrected chi connectivity index (χ4v) is 6.89. The van der Waals surface area contributed by atoms with E-state index in [4.69, 9.17) is 16.3 Å². The number of pyridine rings is 1. The Hall–Kier alpha value is -3.13. The highest BCUT2D eigenvalue weighted by atomic mass is 35.5. The fraction of sp³-hybridized carbons (Fsp3) is 0.300. The second-order valence-electron chi connectivity index (χ2n) is 9.51. The van der Waals surface area contributed by atoms with E-state index in [0.717, 1.165) is 18.7 Å². The summed E-state index contributed by atoms with van der Waals surface area (Å²) in [5, 5.41) is 1.23. The first-order valence-electron chi connectivity index (χ1n) is 12.7. The van der Waals surface area contributed by atoms with Gasteiger partial charge in [-0.05, 0) is 100 Å². The van der Waals surface area contributed by atoms with Gasteiger partial charge in [0, 0.05) is 16.1 Å². The Morgan fingerprint density at radius 1 is 0.868 bits per heavy atom. The fourth-order valence-electron chi connectivity index (χ4n) is 4.80. The van der Waals surface area contributed by atoms with Gasteiger partial charge in [0.1, 0.15) is 12.5 Å². The van der Waals surface area contributed by atoms with Crippen LogP contribution in [-0.2, 0) is 10.0 Å². The second-order valence-corrected chi connectivity index (χ2v) is 11.7. The molecule has 0 atom stereocenters. The number of halogens is 1. The molecule has 0 unspecified atom stereocenters. The lowest BCUT2D eigenvalue weighted by molar-refractivity contribution is 0.137. The zero-order valence-corrected chi connectivity index (χ0v) is 24.3. The highest BCUT2D eigenvalue weighted by Crippen LogP contribution is 2.40. The molecule has 0 amide bonds. The van der Waals surface area contributed by atoms with Crippen molar-refractivity contribution in [2.24, 2.45) is 0 Å². The van der Waals surface area contributed by atoms with Crippen molar-refractivity contribution in [3.63, 3.8) is 0 Å². The van der Waals surface area contributed by atoms with Crippen molar-refractivity contribution in [2.45, 2.75) is 46.4 Å². The van der Waals surface area contributed by atoms with Crippen LogP contribution in [0, 0.1) is 27.7 Å². The first kappa shape index (κ1) is 27.9. The summed E-state index contributed by atoms with van der Waals surface area (Å²) in [5.74, 6) is 0.670. The number of anilines is 2. The SMILES string of the molecule is CCN(CC)COc1ccc(N(c2cc(C)nc3cc(Cl)ccc23)S(=O)(=O)c2c(C)cc(C)cc2C)cc1. The number of benzene rings is 3. The maximum Gasteiger partial charge on any atom is 0.269 e. The Kier molecular flexibility index (Phi) is 8.31. The summed E-state index contributed by atoms with van der Waals surface area (Å²) in [6, 6.07) is 18.1. The van der Waals surface area contributed by atoms with Crippen LogP contribution in [0.4, 0.5) is 11.4 Å².